The Labute approximate surface area is 91.9 Å². The number of hydrogen-bond donors (Lipinski definition) is 1. The van der Waals surface area contributed by atoms with Gasteiger partial charge in [0.05, 0.1) is 12.2 Å². The van der Waals surface area contributed by atoms with Gasteiger partial charge in [0.15, 0.2) is 6.17 Å². The van der Waals surface area contributed by atoms with E-state index in [2.05, 4.69) is 0 Å². The molecule has 0 fully saturated rings. The van der Waals surface area contributed by atoms with Crippen molar-refractivity contribution in [2.24, 2.45) is 0 Å². The molecule has 16 heavy (non-hydrogen) atoms. The quantitative estimate of drug-likeness (QED) is 0.825. The van der Waals surface area contributed by atoms with Crippen molar-refractivity contribution in [3.63, 3.8) is 0 Å². The van der Waals surface area contributed by atoms with E-state index in [1.807, 2.05) is 6.07 Å². The molecule has 1 unspecified atom stereocenters. The number of benzene rings is 1. The van der Waals surface area contributed by atoms with Gasteiger partial charge in [-0.15, -0.1) is 0 Å². The van der Waals surface area contributed by atoms with Gasteiger partial charge >= 0.3 is 5.97 Å². The Morgan fingerprint density at radius 1 is 1.56 bits per heavy atom. The SMILES string of the molecule is N#Cc1ccccc1OCCC(F)C(=O)O. The Bertz CT molecular complexity index is 414. The monoisotopic (exact) mass is 223 g/mol. The van der Waals surface area contributed by atoms with Gasteiger partial charge in [0.25, 0.3) is 0 Å². The van der Waals surface area contributed by atoms with Crippen LogP contribution < -0.4 is 4.74 Å². The van der Waals surface area contributed by atoms with E-state index in [1.165, 1.54) is 0 Å². The number of carbonyl (C=O) groups is 1. The summed E-state index contributed by atoms with van der Waals surface area (Å²) in [5, 5.41) is 17.0. The van der Waals surface area contributed by atoms with Crippen LogP contribution in [0.2, 0.25) is 0 Å². The number of nitrogens with zero attached hydrogens (tertiary/aromatic N) is 1. The summed E-state index contributed by atoms with van der Waals surface area (Å²) in [7, 11) is 0. The maximum absolute atomic E-state index is 12.7. The smallest absolute Gasteiger partial charge is 0.338 e. The van der Waals surface area contributed by atoms with Crippen molar-refractivity contribution in [2.45, 2.75) is 12.6 Å². The standard InChI is InChI=1S/C11H10FNO3/c12-9(11(14)15)5-6-16-10-4-2-1-3-8(10)7-13/h1-4,9H,5-6H2,(H,14,15). The minimum atomic E-state index is -1.94. The van der Waals surface area contributed by atoms with E-state index < -0.39 is 12.1 Å². The lowest BCUT2D eigenvalue weighted by molar-refractivity contribution is -0.143. The summed E-state index contributed by atoms with van der Waals surface area (Å²) >= 11 is 0. The third-order valence-electron chi connectivity index (χ3n) is 1.90. The minimum absolute atomic E-state index is 0.0772. The maximum Gasteiger partial charge on any atom is 0.338 e. The first-order valence-electron chi connectivity index (χ1n) is 4.64. The number of carboxylic acids is 1. The van der Waals surface area contributed by atoms with Gasteiger partial charge in [0.2, 0.25) is 0 Å². The number of rotatable bonds is 5. The summed E-state index contributed by atoms with van der Waals surface area (Å²) in [4.78, 5) is 10.2. The van der Waals surface area contributed by atoms with E-state index in [0.717, 1.165) is 0 Å². The molecule has 1 rings (SSSR count). The second kappa shape index (κ2) is 5.71. The summed E-state index contributed by atoms with van der Waals surface area (Å²) in [6.45, 7) is -0.0772. The Morgan fingerprint density at radius 2 is 2.25 bits per heavy atom. The molecule has 0 aliphatic carbocycles. The highest BCUT2D eigenvalue weighted by atomic mass is 19.1. The molecule has 5 heteroatoms. The second-order valence-electron chi connectivity index (χ2n) is 3.05. The fraction of sp³-hybridized carbons (Fsp3) is 0.273. The molecule has 4 nitrogen and oxygen atoms in total. The zero-order chi connectivity index (χ0) is 12.0. The highest BCUT2D eigenvalue weighted by Gasteiger charge is 2.15. The van der Waals surface area contributed by atoms with Gasteiger partial charge in [0.1, 0.15) is 11.8 Å². The normalized spacial score (nSPS) is 11.5. The lowest BCUT2D eigenvalue weighted by Gasteiger charge is -2.07. The van der Waals surface area contributed by atoms with Crippen molar-refractivity contribution < 1.29 is 19.0 Å². The second-order valence-corrected chi connectivity index (χ2v) is 3.05. The summed E-state index contributed by atoms with van der Waals surface area (Å²) in [6.07, 6.45) is -2.18. The molecule has 0 saturated heterocycles. The van der Waals surface area contributed by atoms with Gasteiger partial charge in [-0.25, -0.2) is 9.18 Å². The highest BCUT2D eigenvalue weighted by Crippen LogP contribution is 2.16. The molecule has 84 valence electrons. The maximum atomic E-state index is 12.7. The lowest BCUT2D eigenvalue weighted by Crippen LogP contribution is -2.17. The number of ether oxygens (including phenoxy) is 1. The molecular formula is C11H10FNO3. The molecule has 0 radical (unpaired) electrons. The van der Waals surface area contributed by atoms with E-state index >= 15 is 0 Å². The van der Waals surface area contributed by atoms with Gasteiger partial charge < -0.3 is 9.84 Å². The summed E-state index contributed by atoms with van der Waals surface area (Å²) in [6, 6.07) is 8.43. The van der Waals surface area contributed by atoms with Gasteiger partial charge in [-0.1, -0.05) is 12.1 Å². The molecule has 0 bridgehead atoms. The molecule has 0 aliphatic rings. The van der Waals surface area contributed by atoms with E-state index in [-0.39, 0.29) is 13.0 Å². The van der Waals surface area contributed by atoms with Crippen LogP contribution in [-0.2, 0) is 4.79 Å². The predicted octanol–water partition coefficient (Wildman–Crippen LogP) is 1.75. The first-order chi connectivity index (χ1) is 7.65. The Balaban J connectivity index is 2.49. The summed E-state index contributed by atoms with van der Waals surface area (Å²) < 4.78 is 17.8. The predicted molar refractivity (Wildman–Crippen MR) is 53.8 cm³/mol. The first-order valence-corrected chi connectivity index (χ1v) is 4.64. The average molecular weight is 223 g/mol. The van der Waals surface area contributed by atoms with Crippen LogP contribution in [0, 0.1) is 11.3 Å². The fourth-order valence-electron chi connectivity index (χ4n) is 1.08. The van der Waals surface area contributed by atoms with Crippen molar-refractivity contribution >= 4 is 5.97 Å². The molecule has 1 N–H and O–H groups in total. The Morgan fingerprint density at radius 3 is 2.88 bits per heavy atom. The molecule has 0 aliphatic heterocycles. The molecular weight excluding hydrogens is 213 g/mol. The molecule has 0 spiro atoms. The van der Waals surface area contributed by atoms with E-state index in [4.69, 9.17) is 15.1 Å². The van der Waals surface area contributed by atoms with Crippen LogP contribution >= 0.6 is 0 Å². The molecule has 1 aromatic rings. The van der Waals surface area contributed by atoms with E-state index in [9.17, 15) is 9.18 Å². The largest absolute Gasteiger partial charge is 0.492 e. The minimum Gasteiger partial charge on any atom is -0.492 e. The van der Waals surface area contributed by atoms with Gasteiger partial charge in [-0.05, 0) is 12.1 Å². The van der Waals surface area contributed by atoms with Gasteiger partial charge in [0, 0.05) is 6.42 Å². The van der Waals surface area contributed by atoms with Crippen molar-refractivity contribution in [1.82, 2.24) is 0 Å². The molecule has 1 aromatic carbocycles. The number of para-hydroxylation sites is 1. The van der Waals surface area contributed by atoms with Crippen LogP contribution in [0.3, 0.4) is 0 Å². The van der Waals surface area contributed by atoms with Gasteiger partial charge in [-0.3, -0.25) is 0 Å². The van der Waals surface area contributed by atoms with E-state index in [0.29, 0.717) is 11.3 Å². The number of aliphatic carboxylic acids is 1. The van der Waals surface area contributed by atoms with Crippen LogP contribution in [0.15, 0.2) is 24.3 Å². The molecule has 1 atom stereocenters. The van der Waals surface area contributed by atoms with Crippen molar-refractivity contribution in [2.75, 3.05) is 6.61 Å². The van der Waals surface area contributed by atoms with Crippen LogP contribution in [0.25, 0.3) is 0 Å². The zero-order valence-electron chi connectivity index (χ0n) is 8.39. The Kier molecular flexibility index (Phi) is 4.28. The summed E-state index contributed by atoms with van der Waals surface area (Å²) in [5.41, 5.74) is 0.341. The van der Waals surface area contributed by atoms with Crippen LogP contribution in [0.1, 0.15) is 12.0 Å². The fourth-order valence-corrected chi connectivity index (χ4v) is 1.08. The highest BCUT2D eigenvalue weighted by molar-refractivity contribution is 5.71. The van der Waals surface area contributed by atoms with Crippen LogP contribution in [0.5, 0.6) is 5.75 Å². The average Bonchev–Trinajstić information content (AvgIpc) is 2.29. The molecule has 0 amide bonds. The van der Waals surface area contributed by atoms with Crippen LogP contribution in [0.4, 0.5) is 4.39 Å². The zero-order valence-corrected chi connectivity index (χ0v) is 8.39. The lowest BCUT2D eigenvalue weighted by atomic mass is 10.2. The topological polar surface area (TPSA) is 70.3 Å². The third-order valence-corrected chi connectivity index (χ3v) is 1.90. The number of halogens is 1. The van der Waals surface area contributed by atoms with E-state index in [1.54, 1.807) is 24.3 Å². The van der Waals surface area contributed by atoms with Gasteiger partial charge in [-0.2, -0.15) is 5.26 Å². The molecule has 0 aromatic heterocycles. The number of alkyl halides is 1. The molecule has 0 saturated carbocycles. The van der Waals surface area contributed by atoms with Crippen molar-refractivity contribution in [3.8, 4) is 11.8 Å². The van der Waals surface area contributed by atoms with Crippen LogP contribution in [-0.4, -0.2) is 23.9 Å². The number of hydrogen-bond acceptors (Lipinski definition) is 3. The first kappa shape index (κ1) is 12.0. The van der Waals surface area contributed by atoms with Crippen molar-refractivity contribution in [1.29, 1.82) is 5.26 Å². The van der Waals surface area contributed by atoms with Crippen molar-refractivity contribution in [3.05, 3.63) is 29.8 Å². The number of carboxylic acid groups (broad SMARTS) is 1. The Hall–Kier alpha value is -2.09. The molecule has 0 heterocycles. The summed E-state index contributed by atoms with van der Waals surface area (Å²) in [5.74, 6) is -1.17. The number of nitriles is 1. The third kappa shape index (κ3) is 3.24.